The van der Waals surface area contributed by atoms with Gasteiger partial charge in [-0.25, -0.2) is 13.4 Å². The van der Waals surface area contributed by atoms with E-state index in [9.17, 15) is 13.2 Å². The first kappa shape index (κ1) is 19.0. The Balaban J connectivity index is 1.65. The summed E-state index contributed by atoms with van der Waals surface area (Å²) in [4.78, 5) is 16.8. The number of hydrogen-bond donors (Lipinski definition) is 1. The SMILES string of the molecule is Cc1nc(CCNC(=O)c2cccc(S(=O)(=O)N3CCOCC3)c2)cs1. The summed E-state index contributed by atoms with van der Waals surface area (Å²) in [7, 11) is -3.61. The number of nitrogens with zero attached hydrogens (tertiary/aromatic N) is 2. The molecule has 1 saturated heterocycles. The zero-order valence-electron chi connectivity index (χ0n) is 14.5. The first-order chi connectivity index (χ1) is 12.5. The minimum atomic E-state index is -3.61. The van der Waals surface area contributed by atoms with Crippen molar-refractivity contribution < 1.29 is 17.9 Å². The van der Waals surface area contributed by atoms with Crippen LogP contribution >= 0.6 is 11.3 Å². The fourth-order valence-electron chi connectivity index (χ4n) is 2.66. The standard InChI is InChI=1S/C17H21N3O4S2/c1-13-19-15(12-25-13)5-6-18-17(21)14-3-2-4-16(11-14)26(22,23)20-7-9-24-10-8-20/h2-4,11-12H,5-10H2,1H3,(H,18,21). The molecule has 0 radical (unpaired) electrons. The number of rotatable bonds is 6. The third-order valence-electron chi connectivity index (χ3n) is 4.04. The van der Waals surface area contributed by atoms with Crippen LogP contribution in [-0.2, 0) is 21.2 Å². The first-order valence-electron chi connectivity index (χ1n) is 8.34. The molecule has 1 N–H and O–H groups in total. The Kier molecular flexibility index (Phi) is 6.02. The van der Waals surface area contributed by atoms with Crippen molar-refractivity contribution >= 4 is 27.3 Å². The predicted octanol–water partition coefficient (Wildman–Crippen LogP) is 1.44. The maximum Gasteiger partial charge on any atom is 0.251 e. The normalized spacial score (nSPS) is 15.7. The molecule has 0 unspecified atom stereocenters. The van der Waals surface area contributed by atoms with Gasteiger partial charge in [-0.05, 0) is 25.1 Å². The molecule has 1 aromatic carbocycles. The van der Waals surface area contributed by atoms with Crippen LogP contribution in [0.15, 0.2) is 34.5 Å². The van der Waals surface area contributed by atoms with E-state index in [1.54, 1.807) is 23.5 Å². The molecule has 0 spiro atoms. The van der Waals surface area contributed by atoms with E-state index in [0.717, 1.165) is 10.7 Å². The highest BCUT2D eigenvalue weighted by atomic mass is 32.2. The summed E-state index contributed by atoms with van der Waals surface area (Å²) in [5.41, 5.74) is 1.27. The molecule has 26 heavy (non-hydrogen) atoms. The highest BCUT2D eigenvalue weighted by molar-refractivity contribution is 7.89. The number of carbonyl (C=O) groups excluding carboxylic acids is 1. The molecule has 0 atom stereocenters. The largest absolute Gasteiger partial charge is 0.379 e. The zero-order chi connectivity index (χ0) is 18.6. The highest BCUT2D eigenvalue weighted by Crippen LogP contribution is 2.18. The second-order valence-corrected chi connectivity index (χ2v) is 8.91. The van der Waals surface area contributed by atoms with Gasteiger partial charge in [-0.1, -0.05) is 6.07 Å². The third kappa shape index (κ3) is 4.47. The number of ether oxygens (including phenoxy) is 1. The third-order valence-corrected chi connectivity index (χ3v) is 6.75. The number of carbonyl (C=O) groups is 1. The highest BCUT2D eigenvalue weighted by Gasteiger charge is 2.26. The van der Waals surface area contributed by atoms with Gasteiger partial charge in [-0.2, -0.15) is 4.31 Å². The summed E-state index contributed by atoms with van der Waals surface area (Å²) in [6.45, 7) is 3.80. The van der Waals surface area contributed by atoms with Crippen LogP contribution in [0.1, 0.15) is 21.1 Å². The Labute approximate surface area is 157 Å². The molecule has 1 aliphatic rings. The minimum Gasteiger partial charge on any atom is -0.379 e. The lowest BCUT2D eigenvalue weighted by molar-refractivity contribution is 0.0730. The molecular weight excluding hydrogens is 374 g/mol. The van der Waals surface area contributed by atoms with Crippen LogP contribution in [0.25, 0.3) is 0 Å². The molecular formula is C17H21N3O4S2. The van der Waals surface area contributed by atoms with Crippen LogP contribution in [0.2, 0.25) is 0 Å². The van der Waals surface area contributed by atoms with Gasteiger partial charge in [0, 0.05) is 37.0 Å². The van der Waals surface area contributed by atoms with E-state index in [1.165, 1.54) is 16.4 Å². The van der Waals surface area contributed by atoms with Crippen molar-refractivity contribution in [2.45, 2.75) is 18.2 Å². The van der Waals surface area contributed by atoms with Crippen molar-refractivity contribution in [3.05, 3.63) is 45.9 Å². The summed E-state index contributed by atoms with van der Waals surface area (Å²) in [6, 6.07) is 6.14. The summed E-state index contributed by atoms with van der Waals surface area (Å²) >= 11 is 1.57. The fraction of sp³-hybridized carbons (Fsp3) is 0.412. The van der Waals surface area contributed by atoms with Crippen LogP contribution in [0, 0.1) is 6.92 Å². The van der Waals surface area contributed by atoms with Crippen molar-refractivity contribution in [3.63, 3.8) is 0 Å². The lowest BCUT2D eigenvalue weighted by atomic mass is 10.2. The monoisotopic (exact) mass is 395 g/mol. The van der Waals surface area contributed by atoms with Gasteiger partial charge in [0.1, 0.15) is 0 Å². The molecule has 0 aliphatic carbocycles. The van der Waals surface area contributed by atoms with Crippen LogP contribution in [-0.4, -0.2) is 56.5 Å². The molecule has 0 bridgehead atoms. The molecule has 0 saturated carbocycles. The molecule has 1 amide bonds. The molecule has 7 nitrogen and oxygen atoms in total. The zero-order valence-corrected chi connectivity index (χ0v) is 16.1. The molecule has 9 heteroatoms. The number of nitrogens with one attached hydrogen (secondary N) is 1. The molecule has 140 valence electrons. The Hall–Kier alpha value is -1.81. The average molecular weight is 396 g/mol. The number of aromatic nitrogens is 1. The number of morpholine rings is 1. The van der Waals surface area contributed by atoms with Gasteiger partial charge in [0.05, 0.1) is 28.8 Å². The van der Waals surface area contributed by atoms with Crippen LogP contribution < -0.4 is 5.32 Å². The van der Waals surface area contributed by atoms with Crippen molar-refractivity contribution in [2.24, 2.45) is 0 Å². The summed E-state index contributed by atoms with van der Waals surface area (Å²) in [6.07, 6.45) is 0.641. The van der Waals surface area contributed by atoms with Gasteiger partial charge in [0.25, 0.3) is 5.91 Å². The van der Waals surface area contributed by atoms with Crippen molar-refractivity contribution in [1.82, 2.24) is 14.6 Å². The topological polar surface area (TPSA) is 88.6 Å². The van der Waals surface area contributed by atoms with E-state index in [1.807, 2.05) is 12.3 Å². The van der Waals surface area contributed by atoms with Crippen molar-refractivity contribution in [2.75, 3.05) is 32.8 Å². The number of benzene rings is 1. The van der Waals surface area contributed by atoms with Gasteiger partial charge in [-0.15, -0.1) is 11.3 Å². The van der Waals surface area contributed by atoms with E-state index >= 15 is 0 Å². The van der Waals surface area contributed by atoms with Crippen LogP contribution in [0.4, 0.5) is 0 Å². The number of aryl methyl sites for hydroxylation is 1. The van der Waals surface area contributed by atoms with Gasteiger partial charge in [-0.3, -0.25) is 4.79 Å². The first-order valence-corrected chi connectivity index (χ1v) is 10.7. The van der Waals surface area contributed by atoms with E-state index in [0.29, 0.717) is 44.8 Å². The Morgan fingerprint density at radius 2 is 2.12 bits per heavy atom. The molecule has 1 fully saturated rings. The second kappa shape index (κ2) is 8.26. The fourth-order valence-corrected chi connectivity index (χ4v) is 4.76. The molecule has 1 aliphatic heterocycles. The summed E-state index contributed by atoms with van der Waals surface area (Å²) in [5, 5.41) is 5.77. The van der Waals surface area contributed by atoms with Crippen LogP contribution in [0.5, 0.6) is 0 Å². The number of sulfonamides is 1. The summed E-state index contributed by atoms with van der Waals surface area (Å²) < 4.78 is 32.0. The lowest BCUT2D eigenvalue weighted by Crippen LogP contribution is -2.40. The summed E-state index contributed by atoms with van der Waals surface area (Å²) in [5.74, 6) is -0.295. The number of thiazole rings is 1. The quantitative estimate of drug-likeness (QED) is 0.800. The van der Waals surface area contributed by atoms with Crippen molar-refractivity contribution in [3.8, 4) is 0 Å². The Morgan fingerprint density at radius 1 is 1.35 bits per heavy atom. The van der Waals surface area contributed by atoms with E-state index < -0.39 is 10.0 Å². The molecule has 3 rings (SSSR count). The Morgan fingerprint density at radius 3 is 2.81 bits per heavy atom. The lowest BCUT2D eigenvalue weighted by Gasteiger charge is -2.26. The Bertz CT molecular complexity index is 874. The smallest absolute Gasteiger partial charge is 0.251 e. The van der Waals surface area contributed by atoms with Gasteiger partial charge >= 0.3 is 0 Å². The van der Waals surface area contributed by atoms with E-state index in [-0.39, 0.29) is 10.8 Å². The number of amides is 1. The van der Waals surface area contributed by atoms with Crippen LogP contribution in [0.3, 0.4) is 0 Å². The maximum absolute atomic E-state index is 12.7. The molecule has 1 aromatic heterocycles. The van der Waals surface area contributed by atoms with Crippen molar-refractivity contribution in [1.29, 1.82) is 0 Å². The van der Waals surface area contributed by atoms with Gasteiger partial charge in [0.15, 0.2) is 0 Å². The van der Waals surface area contributed by atoms with Gasteiger partial charge < -0.3 is 10.1 Å². The van der Waals surface area contributed by atoms with Gasteiger partial charge in [0.2, 0.25) is 10.0 Å². The second-order valence-electron chi connectivity index (χ2n) is 5.91. The van der Waals surface area contributed by atoms with E-state index in [2.05, 4.69) is 10.3 Å². The molecule has 2 heterocycles. The average Bonchev–Trinajstić information content (AvgIpc) is 3.07. The number of hydrogen-bond acceptors (Lipinski definition) is 6. The molecule has 2 aromatic rings. The van der Waals surface area contributed by atoms with E-state index in [4.69, 9.17) is 4.74 Å². The predicted molar refractivity (Wildman–Crippen MR) is 98.9 cm³/mol. The minimum absolute atomic E-state index is 0.127. The maximum atomic E-state index is 12.7.